The first kappa shape index (κ1) is 20.2. The quantitative estimate of drug-likeness (QED) is 0.420. The lowest BCUT2D eigenvalue weighted by Crippen LogP contribution is -2.36. The highest BCUT2D eigenvalue weighted by Gasteiger charge is 2.29. The zero-order chi connectivity index (χ0) is 22.1. The van der Waals surface area contributed by atoms with Gasteiger partial charge >= 0.3 is 0 Å². The van der Waals surface area contributed by atoms with Gasteiger partial charge in [-0.05, 0) is 60.4 Å². The minimum atomic E-state index is -0.282. The average Bonchev–Trinajstić information content (AvgIpc) is 2.84. The second kappa shape index (κ2) is 8.46. The molecule has 0 radical (unpaired) electrons. The molecular formula is C26H25FN4O. The van der Waals surface area contributed by atoms with Crippen LogP contribution in [-0.2, 0) is 6.42 Å². The van der Waals surface area contributed by atoms with Crippen LogP contribution in [0.4, 0.5) is 21.8 Å². The average molecular weight is 429 g/mol. The van der Waals surface area contributed by atoms with Crippen molar-refractivity contribution in [3.05, 3.63) is 83.7 Å². The Labute approximate surface area is 186 Å². The van der Waals surface area contributed by atoms with Crippen LogP contribution in [-0.4, -0.2) is 23.6 Å². The number of nitrogens with zero attached hydrogens (tertiary/aromatic N) is 3. The molecule has 162 valence electrons. The summed E-state index contributed by atoms with van der Waals surface area (Å²) >= 11 is 0. The summed E-state index contributed by atoms with van der Waals surface area (Å²) in [6, 6.07) is 21.0. The number of nitrogens with one attached hydrogen (secondary N) is 1. The molecule has 1 atom stereocenters. The van der Waals surface area contributed by atoms with Crippen LogP contribution in [0.5, 0.6) is 5.75 Å². The first-order valence-corrected chi connectivity index (χ1v) is 10.9. The number of anilines is 3. The zero-order valence-corrected chi connectivity index (χ0v) is 18.2. The molecule has 2 heterocycles. The molecule has 5 nitrogen and oxygen atoms in total. The summed E-state index contributed by atoms with van der Waals surface area (Å²) in [5.74, 6) is 1.74. The van der Waals surface area contributed by atoms with Gasteiger partial charge in [-0.2, -0.15) is 4.98 Å². The second-order valence-corrected chi connectivity index (χ2v) is 7.93. The van der Waals surface area contributed by atoms with Gasteiger partial charge in [0.15, 0.2) is 0 Å². The third-order valence-electron chi connectivity index (χ3n) is 6.06. The van der Waals surface area contributed by atoms with Crippen LogP contribution >= 0.6 is 0 Å². The minimum Gasteiger partial charge on any atom is -0.494 e. The standard InChI is InChI=1S/C26H25FN4O/c1-3-22-20-8-5-4-7-17(20)15-16-31(22)25-21-9-6-10-23(32-2)24(21)29-26(30-25)28-19-13-11-18(27)12-14-19/h4-14,22H,3,15-16H2,1-2H3,(H,28,29,30). The van der Waals surface area contributed by atoms with Gasteiger partial charge in [-0.1, -0.05) is 37.3 Å². The highest BCUT2D eigenvalue weighted by Crippen LogP contribution is 2.39. The molecule has 0 saturated heterocycles. The molecule has 32 heavy (non-hydrogen) atoms. The van der Waals surface area contributed by atoms with Gasteiger partial charge in [0.2, 0.25) is 5.95 Å². The van der Waals surface area contributed by atoms with Crippen LogP contribution in [0.1, 0.15) is 30.5 Å². The Bertz CT molecular complexity index is 1260. The van der Waals surface area contributed by atoms with E-state index in [1.807, 2.05) is 18.2 Å². The van der Waals surface area contributed by atoms with E-state index in [9.17, 15) is 4.39 Å². The number of halogens is 1. The van der Waals surface area contributed by atoms with Gasteiger partial charge in [0, 0.05) is 17.6 Å². The van der Waals surface area contributed by atoms with E-state index in [2.05, 4.69) is 41.4 Å². The van der Waals surface area contributed by atoms with Crippen molar-refractivity contribution >= 4 is 28.4 Å². The predicted molar refractivity (Wildman–Crippen MR) is 126 cm³/mol. The number of aromatic nitrogens is 2. The van der Waals surface area contributed by atoms with E-state index < -0.39 is 0 Å². The van der Waals surface area contributed by atoms with Gasteiger partial charge in [-0.25, -0.2) is 9.37 Å². The summed E-state index contributed by atoms with van der Waals surface area (Å²) in [4.78, 5) is 12.1. The molecule has 6 heteroatoms. The summed E-state index contributed by atoms with van der Waals surface area (Å²) in [6.45, 7) is 3.08. The Balaban J connectivity index is 1.65. The molecule has 0 bridgehead atoms. The van der Waals surface area contributed by atoms with Crippen molar-refractivity contribution in [2.24, 2.45) is 0 Å². The predicted octanol–water partition coefficient (Wildman–Crippen LogP) is 6.03. The van der Waals surface area contributed by atoms with Crippen LogP contribution in [0.3, 0.4) is 0 Å². The molecule has 1 aliphatic heterocycles. The molecule has 1 aromatic heterocycles. The van der Waals surface area contributed by atoms with Crippen molar-refractivity contribution in [1.82, 2.24) is 9.97 Å². The van der Waals surface area contributed by atoms with Gasteiger partial charge < -0.3 is 15.0 Å². The van der Waals surface area contributed by atoms with Gasteiger partial charge in [0.05, 0.1) is 13.2 Å². The third kappa shape index (κ3) is 3.62. The van der Waals surface area contributed by atoms with Gasteiger partial charge in [-0.3, -0.25) is 0 Å². The molecule has 0 aliphatic carbocycles. The van der Waals surface area contributed by atoms with Crippen molar-refractivity contribution in [3.63, 3.8) is 0 Å². The van der Waals surface area contributed by atoms with Crippen LogP contribution in [0, 0.1) is 5.82 Å². The molecule has 0 amide bonds. The summed E-state index contributed by atoms with van der Waals surface area (Å²) in [5.41, 5.74) is 4.22. The fourth-order valence-electron chi connectivity index (χ4n) is 4.56. The first-order chi connectivity index (χ1) is 15.7. The van der Waals surface area contributed by atoms with Crippen molar-refractivity contribution in [3.8, 4) is 5.75 Å². The Hall–Kier alpha value is -3.67. The lowest BCUT2D eigenvalue weighted by Gasteiger charge is -2.38. The number of hydrogen-bond donors (Lipinski definition) is 1. The van der Waals surface area contributed by atoms with E-state index in [0.717, 1.165) is 41.8 Å². The summed E-state index contributed by atoms with van der Waals surface area (Å²) in [6.07, 6.45) is 1.93. The van der Waals surface area contributed by atoms with Crippen LogP contribution < -0.4 is 15.0 Å². The molecule has 1 N–H and O–H groups in total. The van der Waals surface area contributed by atoms with E-state index in [4.69, 9.17) is 14.7 Å². The van der Waals surface area contributed by atoms with E-state index in [1.165, 1.54) is 23.3 Å². The molecule has 0 saturated carbocycles. The number of rotatable bonds is 5. The van der Waals surface area contributed by atoms with Gasteiger partial charge in [0.1, 0.15) is 22.9 Å². The van der Waals surface area contributed by atoms with Crippen molar-refractivity contribution in [2.45, 2.75) is 25.8 Å². The molecule has 0 spiro atoms. The van der Waals surface area contributed by atoms with E-state index >= 15 is 0 Å². The SMILES string of the molecule is CCC1c2ccccc2CCN1c1nc(Nc2ccc(F)cc2)nc2c(OC)cccc12. The number of ether oxygens (including phenoxy) is 1. The maximum absolute atomic E-state index is 13.4. The molecule has 1 unspecified atom stereocenters. The van der Waals surface area contributed by atoms with Gasteiger partial charge in [0.25, 0.3) is 0 Å². The number of fused-ring (bicyclic) bond motifs is 2. The molecule has 4 aromatic rings. The number of hydrogen-bond acceptors (Lipinski definition) is 5. The van der Waals surface area contributed by atoms with Crippen molar-refractivity contribution in [2.75, 3.05) is 23.9 Å². The first-order valence-electron chi connectivity index (χ1n) is 10.9. The second-order valence-electron chi connectivity index (χ2n) is 7.93. The Morgan fingerprint density at radius 1 is 1.03 bits per heavy atom. The number of benzene rings is 3. The maximum Gasteiger partial charge on any atom is 0.229 e. The van der Waals surface area contributed by atoms with Crippen LogP contribution in [0.2, 0.25) is 0 Å². The number of methoxy groups -OCH3 is 1. The summed E-state index contributed by atoms with van der Waals surface area (Å²) < 4.78 is 19.0. The zero-order valence-electron chi connectivity index (χ0n) is 18.2. The summed E-state index contributed by atoms with van der Waals surface area (Å²) in [5, 5.41) is 4.19. The largest absolute Gasteiger partial charge is 0.494 e. The minimum absolute atomic E-state index is 0.225. The fourth-order valence-corrected chi connectivity index (χ4v) is 4.56. The topological polar surface area (TPSA) is 50.3 Å². The van der Waals surface area contributed by atoms with E-state index in [0.29, 0.717) is 11.7 Å². The highest BCUT2D eigenvalue weighted by molar-refractivity contribution is 5.95. The summed E-state index contributed by atoms with van der Waals surface area (Å²) in [7, 11) is 1.65. The molecular weight excluding hydrogens is 403 g/mol. The van der Waals surface area contributed by atoms with E-state index in [1.54, 1.807) is 19.2 Å². The smallest absolute Gasteiger partial charge is 0.229 e. The lowest BCUT2D eigenvalue weighted by atomic mass is 9.91. The Morgan fingerprint density at radius 3 is 2.62 bits per heavy atom. The number of para-hydroxylation sites is 1. The van der Waals surface area contributed by atoms with Crippen LogP contribution in [0.15, 0.2) is 66.7 Å². The molecule has 0 fully saturated rings. The van der Waals surface area contributed by atoms with E-state index in [-0.39, 0.29) is 11.9 Å². The van der Waals surface area contributed by atoms with Crippen molar-refractivity contribution < 1.29 is 9.13 Å². The van der Waals surface area contributed by atoms with Gasteiger partial charge in [-0.15, -0.1) is 0 Å². The van der Waals surface area contributed by atoms with Crippen molar-refractivity contribution in [1.29, 1.82) is 0 Å². The fraction of sp³-hybridized carbons (Fsp3) is 0.231. The third-order valence-corrected chi connectivity index (χ3v) is 6.06. The normalized spacial score (nSPS) is 15.5. The lowest BCUT2D eigenvalue weighted by molar-refractivity contribution is 0.419. The molecule has 3 aromatic carbocycles. The maximum atomic E-state index is 13.4. The Kier molecular flexibility index (Phi) is 5.35. The molecule has 5 rings (SSSR count). The van der Waals surface area contributed by atoms with Crippen LogP contribution in [0.25, 0.3) is 10.9 Å². The monoisotopic (exact) mass is 428 g/mol. The highest BCUT2D eigenvalue weighted by atomic mass is 19.1. The Morgan fingerprint density at radius 2 is 1.84 bits per heavy atom. The molecule has 1 aliphatic rings.